The van der Waals surface area contributed by atoms with Gasteiger partial charge in [0.15, 0.2) is 47.5 Å². The third-order valence-corrected chi connectivity index (χ3v) is 31.6. The van der Waals surface area contributed by atoms with Crippen LogP contribution in [-0.2, 0) is 34.6 Å². The molecule has 8 heterocycles. The molecule has 0 amide bonds. The van der Waals surface area contributed by atoms with E-state index in [0.717, 1.165) is 178 Å². The zero-order chi connectivity index (χ0) is 98.5. The molecular formula is C131H122N8O4+4. The first-order chi connectivity index (χ1) is 69.7. The Bertz CT molecular complexity index is 8570. The molecule has 12 heteroatoms. The van der Waals surface area contributed by atoms with Crippen molar-refractivity contribution in [3.8, 4) is 89.5 Å². The fraction of sp³-hybridized carbons (Fsp3) is 0.267. The van der Waals surface area contributed by atoms with Crippen molar-refractivity contribution in [2.24, 2.45) is 34.1 Å². The molecule has 0 aliphatic heterocycles. The van der Waals surface area contributed by atoms with E-state index in [2.05, 4.69) is 292 Å². The molecule has 24 rings (SSSR count). The largest absolute Gasteiger partial charge is 0.456 e. The number of pyridine rings is 4. The summed E-state index contributed by atoms with van der Waals surface area (Å²) in [7, 11) is 8.55. The predicted molar refractivity (Wildman–Crippen MR) is 585 cm³/mol. The highest BCUT2D eigenvalue weighted by molar-refractivity contribution is 6.21. The molecule has 20 aromatic rings. The summed E-state index contributed by atoms with van der Waals surface area (Å²) in [5, 5.41) is 8.82. The lowest BCUT2D eigenvalue weighted by atomic mass is 9.83. The van der Waals surface area contributed by atoms with Gasteiger partial charge >= 0.3 is 0 Å². The number of aromatic nitrogens is 4. The Labute approximate surface area is 839 Å². The van der Waals surface area contributed by atoms with Crippen LogP contribution in [0, 0.1) is 87.6 Å². The van der Waals surface area contributed by atoms with Crippen molar-refractivity contribution >= 4 is 111 Å². The Kier molecular flexibility index (Phi) is 26.1. The standard InChI is InChI=1S/3C33H31N2O.C32H29N2O/c1-21-19-22(2)30(28-18-15-25(20-35(28)4)23-11-7-5-8-12-23)33-29(21)26-16-17-27(34-3)31(32(26)36-33)24-13-9-6-10-14-24;1-21-19-22(2)30(28-20-25(17-18-35(28)4)23-11-7-5-8-12-23)33-29(21)26-15-16-27(34-3)31(32(26)36-33)24-13-9-6-10-14-24;1-21-18-22(2)30(28-20-24(16-17-35(28)4)19-23-10-8-9-11-23)33-29(21)26-14-15-27(34-3)31(32(26)36-33)25-12-6-5-7-13-25;1-20-18-21(2)29(27-17-14-24(19-34(27)4)22-10-8-9-11-22)32-28(20)25-15-16-26(33-3)30(31(25)35-32)23-12-6-5-7-13-23/h2*6,9-10,13-20,23H,5,7-8,11-12H2,1-2,4H3;5-7,12-18,20,23H,8-11,19H2,1-2,4H3;5-7,12-19,22H,8-11H2,1-2,4H3/q4*+1. The van der Waals surface area contributed by atoms with Gasteiger partial charge in [0.25, 0.3) is 0 Å². The van der Waals surface area contributed by atoms with Crippen LogP contribution < -0.4 is 18.3 Å². The van der Waals surface area contributed by atoms with Crippen LogP contribution in [-0.4, -0.2) is 0 Å². The van der Waals surface area contributed by atoms with E-state index in [9.17, 15) is 0 Å². The van der Waals surface area contributed by atoms with Crippen LogP contribution >= 0.6 is 0 Å². The zero-order valence-corrected chi connectivity index (χ0v) is 84.4. The maximum absolute atomic E-state index is 7.83. The molecule has 4 saturated carbocycles. The molecule has 12 nitrogen and oxygen atoms in total. The van der Waals surface area contributed by atoms with E-state index in [0.29, 0.717) is 40.5 Å². The third-order valence-electron chi connectivity index (χ3n) is 31.6. The van der Waals surface area contributed by atoms with Gasteiger partial charge in [-0.15, -0.1) is 0 Å². The van der Waals surface area contributed by atoms with E-state index in [4.69, 9.17) is 44.0 Å². The number of furan rings is 4. The predicted octanol–water partition coefficient (Wildman–Crippen LogP) is 35.1. The average molecular weight is 1870 g/mol. The van der Waals surface area contributed by atoms with Gasteiger partial charge in [-0.3, -0.25) is 0 Å². The molecular weight excluding hydrogens is 1750 g/mol. The molecule has 4 fully saturated rings. The van der Waals surface area contributed by atoms with Gasteiger partial charge in [-0.1, -0.05) is 271 Å². The summed E-state index contributed by atoms with van der Waals surface area (Å²) in [6.45, 7) is 48.6. The van der Waals surface area contributed by atoms with E-state index >= 15 is 0 Å². The molecule has 706 valence electrons. The van der Waals surface area contributed by atoms with Crippen molar-refractivity contribution in [3.63, 3.8) is 0 Å². The first-order valence-corrected chi connectivity index (χ1v) is 51.4. The molecule has 4 aliphatic carbocycles. The average Bonchev–Trinajstić information content (AvgIpc) is 1.59. The topological polar surface area (TPSA) is 85.5 Å². The second kappa shape index (κ2) is 39.8. The summed E-state index contributed by atoms with van der Waals surface area (Å²) < 4.78 is 36.1. The van der Waals surface area contributed by atoms with Crippen LogP contribution in [0.2, 0.25) is 0 Å². The Hall–Kier alpha value is -15.6. The number of benzene rings is 12. The lowest BCUT2D eigenvalue weighted by molar-refractivity contribution is -0.661. The molecule has 8 aromatic heterocycles. The maximum atomic E-state index is 7.83. The van der Waals surface area contributed by atoms with Crippen LogP contribution in [0.5, 0.6) is 0 Å². The Morgan fingerprint density at radius 1 is 0.252 bits per heavy atom. The monoisotopic (exact) mass is 1870 g/mol. The van der Waals surface area contributed by atoms with Crippen LogP contribution in [0.15, 0.2) is 285 Å². The van der Waals surface area contributed by atoms with Crippen molar-refractivity contribution in [1.29, 1.82) is 0 Å². The van der Waals surface area contributed by atoms with Crippen LogP contribution in [0.25, 0.3) is 197 Å². The molecule has 0 unspecified atom stereocenters. The van der Waals surface area contributed by atoms with Crippen molar-refractivity contribution in [2.45, 2.75) is 195 Å². The van der Waals surface area contributed by atoms with Gasteiger partial charge < -0.3 is 17.7 Å². The van der Waals surface area contributed by atoms with E-state index in [1.807, 2.05) is 97.1 Å². The molecule has 0 radical (unpaired) electrons. The summed E-state index contributed by atoms with van der Waals surface area (Å²) >= 11 is 0. The highest BCUT2D eigenvalue weighted by Gasteiger charge is 2.34. The summed E-state index contributed by atoms with van der Waals surface area (Å²) in [5.74, 6) is 2.80. The number of nitrogens with zero attached hydrogens (tertiary/aromatic N) is 8. The first-order valence-electron chi connectivity index (χ1n) is 51.4. The smallest absolute Gasteiger partial charge is 0.216 e. The molecule has 0 saturated heterocycles. The lowest BCUT2D eigenvalue weighted by Gasteiger charge is -2.22. The van der Waals surface area contributed by atoms with Crippen molar-refractivity contribution in [1.82, 2.24) is 0 Å². The molecule has 143 heavy (non-hydrogen) atoms. The van der Waals surface area contributed by atoms with Gasteiger partial charge in [0, 0.05) is 113 Å². The van der Waals surface area contributed by atoms with Gasteiger partial charge in [0.1, 0.15) is 72.9 Å². The minimum Gasteiger partial charge on any atom is -0.456 e. The highest BCUT2D eigenvalue weighted by atomic mass is 16.3. The van der Waals surface area contributed by atoms with E-state index < -0.39 is 0 Å². The molecule has 4 aliphatic rings. The normalized spacial score (nSPS) is 14.2. The van der Waals surface area contributed by atoms with Crippen LogP contribution in [0.1, 0.15) is 200 Å². The van der Waals surface area contributed by atoms with Crippen molar-refractivity contribution < 1.29 is 35.9 Å². The van der Waals surface area contributed by atoms with Crippen molar-refractivity contribution in [2.75, 3.05) is 0 Å². The quantitative estimate of drug-likeness (QED) is 0.0850. The van der Waals surface area contributed by atoms with Gasteiger partial charge in [0.05, 0.1) is 48.5 Å². The van der Waals surface area contributed by atoms with Gasteiger partial charge in [-0.25, -0.2) is 37.6 Å². The van der Waals surface area contributed by atoms with E-state index in [1.165, 1.54) is 194 Å². The summed E-state index contributed by atoms with van der Waals surface area (Å²) in [6.07, 6.45) is 34.1. The lowest BCUT2D eigenvalue weighted by Crippen LogP contribution is -2.32. The fourth-order valence-corrected chi connectivity index (χ4v) is 24.7. The number of rotatable bonds is 13. The Morgan fingerprint density at radius 3 is 0.839 bits per heavy atom. The summed E-state index contributed by atoms with van der Waals surface area (Å²) in [6, 6.07) is 84.2. The minimum atomic E-state index is 0.616. The third kappa shape index (κ3) is 17.5. The van der Waals surface area contributed by atoms with Gasteiger partial charge in [0.2, 0.25) is 22.8 Å². The first kappa shape index (κ1) is 93.7. The van der Waals surface area contributed by atoms with Crippen LogP contribution in [0.4, 0.5) is 22.7 Å². The molecule has 0 N–H and O–H groups in total. The molecule has 12 aromatic carbocycles. The number of hydrogen-bond acceptors (Lipinski definition) is 4. The highest BCUT2D eigenvalue weighted by Crippen LogP contribution is 2.53. The van der Waals surface area contributed by atoms with E-state index in [1.54, 1.807) is 0 Å². The summed E-state index contributed by atoms with van der Waals surface area (Å²) in [5.41, 5.74) is 41.4. The van der Waals surface area contributed by atoms with Crippen LogP contribution in [0.3, 0.4) is 0 Å². The van der Waals surface area contributed by atoms with Crippen molar-refractivity contribution in [3.05, 3.63) is 380 Å². The molecule has 0 bridgehead atoms. The second-order valence-electron chi connectivity index (χ2n) is 40.9. The number of hydrogen-bond donors (Lipinski definition) is 0. The minimum absolute atomic E-state index is 0.616. The molecule has 0 spiro atoms. The number of aryl methyl sites for hydroxylation is 12. The second-order valence-corrected chi connectivity index (χ2v) is 40.9. The SMILES string of the molecule is [C-]#[N+]c1ccc2c(oc3c(-c4cc(C5CCCCC5)cc[n+]4C)c(C)cc(C)c32)c1-c1ccccc1.[C-]#[N+]c1ccc2c(oc3c(-c4cc(CC5CCCC5)cc[n+]4C)c(C)cc(C)c32)c1-c1ccccc1.[C-]#[N+]c1ccc2c(oc3c(-c4ccc(C5CCCC5)c[n+]4C)c(C)cc(C)c32)c1-c1ccccc1.[C-]#[N+]c1ccc2c(oc3c(-c4ccc(C5CCCCC5)c[n+]4C)c(C)cc(C)c32)c1-c1ccccc1. The fourth-order valence-electron chi connectivity index (χ4n) is 24.7. The molecule has 0 atom stereocenters. The Balaban J connectivity index is 0.000000113. The van der Waals surface area contributed by atoms with Gasteiger partial charge in [-0.05, 0) is 214 Å². The van der Waals surface area contributed by atoms with Gasteiger partial charge in [-0.2, -0.15) is 0 Å². The summed E-state index contributed by atoms with van der Waals surface area (Å²) in [4.78, 5) is 15.4. The number of fused-ring (bicyclic) bond motifs is 12. The maximum Gasteiger partial charge on any atom is 0.216 e. The zero-order valence-electron chi connectivity index (χ0n) is 84.4. The van der Waals surface area contributed by atoms with E-state index in [-0.39, 0.29) is 0 Å². The Morgan fingerprint density at radius 2 is 0.531 bits per heavy atom.